The summed E-state index contributed by atoms with van der Waals surface area (Å²) in [7, 11) is 0. The predicted molar refractivity (Wildman–Crippen MR) is 110 cm³/mol. The lowest BCUT2D eigenvalue weighted by Gasteiger charge is -2.12. The normalized spacial score (nSPS) is 11.8. The highest BCUT2D eigenvalue weighted by Crippen LogP contribution is 2.28. The second-order valence-corrected chi connectivity index (χ2v) is 7.94. The molecule has 0 radical (unpaired) electrons. The van der Waals surface area contributed by atoms with Crippen molar-refractivity contribution in [2.75, 3.05) is 5.32 Å². The first-order valence-corrected chi connectivity index (χ1v) is 10.1. The van der Waals surface area contributed by atoms with Gasteiger partial charge in [-0.05, 0) is 30.5 Å². The standard InChI is InChI=1S/C18H18N6O2S2/c1-3-9-24-15(12-4-7-20-8-5-12)22-23-18(24)28-11(2)16(26)21-17-13(14(19)25)6-10-27-17/h3-8,10-11H,1,9H2,2H3,(H2,19,25)(H,21,26)/t11-/m0/s1. The van der Waals surface area contributed by atoms with Crippen molar-refractivity contribution >= 4 is 39.9 Å². The van der Waals surface area contributed by atoms with Gasteiger partial charge in [0.1, 0.15) is 5.00 Å². The number of nitrogens with one attached hydrogen (secondary N) is 1. The van der Waals surface area contributed by atoms with Crippen LogP contribution in [0.3, 0.4) is 0 Å². The van der Waals surface area contributed by atoms with Gasteiger partial charge in [0.15, 0.2) is 11.0 Å². The van der Waals surface area contributed by atoms with Crippen LogP contribution in [0.2, 0.25) is 0 Å². The van der Waals surface area contributed by atoms with E-state index in [1.54, 1.807) is 36.8 Å². The van der Waals surface area contributed by atoms with Gasteiger partial charge in [0, 0.05) is 24.5 Å². The molecule has 0 aliphatic heterocycles. The Kier molecular flexibility index (Phi) is 6.22. The largest absolute Gasteiger partial charge is 0.366 e. The summed E-state index contributed by atoms with van der Waals surface area (Å²) in [6.45, 7) is 6.04. The topological polar surface area (TPSA) is 116 Å². The average molecular weight is 415 g/mol. The molecule has 3 aromatic heterocycles. The predicted octanol–water partition coefficient (Wildman–Crippen LogP) is 2.81. The molecule has 28 heavy (non-hydrogen) atoms. The Morgan fingerprint density at radius 1 is 1.36 bits per heavy atom. The van der Waals surface area contributed by atoms with Crippen molar-refractivity contribution in [1.29, 1.82) is 0 Å². The van der Waals surface area contributed by atoms with Crippen LogP contribution in [0.15, 0.2) is 53.8 Å². The maximum atomic E-state index is 12.6. The summed E-state index contributed by atoms with van der Waals surface area (Å²) >= 11 is 2.52. The zero-order chi connectivity index (χ0) is 20.1. The first-order chi connectivity index (χ1) is 13.5. The van der Waals surface area contributed by atoms with Gasteiger partial charge in [-0.25, -0.2) is 0 Å². The molecule has 0 spiro atoms. The van der Waals surface area contributed by atoms with E-state index in [1.165, 1.54) is 23.1 Å². The third-order valence-electron chi connectivity index (χ3n) is 3.79. The van der Waals surface area contributed by atoms with Crippen molar-refractivity contribution in [3.05, 3.63) is 54.2 Å². The van der Waals surface area contributed by atoms with Gasteiger partial charge in [-0.15, -0.1) is 28.1 Å². The van der Waals surface area contributed by atoms with Crippen LogP contribution in [0.5, 0.6) is 0 Å². The summed E-state index contributed by atoms with van der Waals surface area (Å²) in [4.78, 5) is 28.0. The van der Waals surface area contributed by atoms with E-state index in [2.05, 4.69) is 27.1 Å². The first-order valence-electron chi connectivity index (χ1n) is 8.30. The lowest BCUT2D eigenvalue weighted by molar-refractivity contribution is -0.115. The lowest BCUT2D eigenvalue weighted by atomic mass is 10.2. The van der Waals surface area contributed by atoms with E-state index < -0.39 is 11.2 Å². The van der Waals surface area contributed by atoms with Crippen molar-refractivity contribution in [2.24, 2.45) is 5.73 Å². The summed E-state index contributed by atoms with van der Waals surface area (Å²) in [6.07, 6.45) is 5.11. The highest BCUT2D eigenvalue weighted by atomic mass is 32.2. The Hall–Kier alpha value is -2.98. The molecule has 0 saturated carbocycles. The van der Waals surface area contributed by atoms with Crippen LogP contribution in [-0.4, -0.2) is 36.8 Å². The van der Waals surface area contributed by atoms with Crippen LogP contribution < -0.4 is 11.1 Å². The summed E-state index contributed by atoms with van der Waals surface area (Å²) in [5.41, 5.74) is 6.49. The maximum absolute atomic E-state index is 12.6. The van der Waals surface area contributed by atoms with Crippen molar-refractivity contribution in [2.45, 2.75) is 23.9 Å². The molecule has 0 aliphatic carbocycles. The number of hydrogen-bond acceptors (Lipinski definition) is 7. The molecular weight excluding hydrogens is 396 g/mol. The fourth-order valence-electron chi connectivity index (χ4n) is 2.41. The molecule has 144 valence electrons. The molecule has 1 atom stereocenters. The van der Waals surface area contributed by atoms with Crippen molar-refractivity contribution < 1.29 is 9.59 Å². The molecule has 0 aliphatic rings. The van der Waals surface area contributed by atoms with Crippen LogP contribution in [0.25, 0.3) is 11.4 Å². The monoisotopic (exact) mass is 414 g/mol. The van der Waals surface area contributed by atoms with Crippen molar-refractivity contribution in [1.82, 2.24) is 19.7 Å². The smallest absolute Gasteiger partial charge is 0.251 e. The number of hydrogen-bond donors (Lipinski definition) is 2. The average Bonchev–Trinajstić information content (AvgIpc) is 3.30. The van der Waals surface area contributed by atoms with Gasteiger partial charge >= 0.3 is 0 Å². The molecule has 0 unspecified atom stereocenters. The van der Waals surface area contributed by atoms with Crippen LogP contribution in [-0.2, 0) is 11.3 Å². The molecule has 3 aromatic rings. The van der Waals surface area contributed by atoms with E-state index >= 15 is 0 Å². The number of primary amides is 1. The number of nitrogens with two attached hydrogens (primary N) is 1. The zero-order valence-corrected chi connectivity index (χ0v) is 16.7. The molecule has 3 heterocycles. The fraction of sp³-hybridized carbons (Fsp3) is 0.167. The van der Waals surface area contributed by atoms with Crippen molar-refractivity contribution in [3.8, 4) is 11.4 Å². The quantitative estimate of drug-likeness (QED) is 0.432. The molecule has 2 amide bonds. The number of thiophene rings is 1. The van der Waals surface area contributed by atoms with Crippen LogP contribution in [0.4, 0.5) is 5.00 Å². The number of thioether (sulfide) groups is 1. The fourth-order valence-corrected chi connectivity index (χ4v) is 4.06. The van der Waals surface area contributed by atoms with E-state index in [0.717, 1.165) is 5.56 Å². The Bertz CT molecular complexity index is 999. The van der Waals surface area contributed by atoms with E-state index in [4.69, 9.17) is 5.73 Å². The number of amides is 2. The molecule has 10 heteroatoms. The molecule has 0 bridgehead atoms. The summed E-state index contributed by atoms with van der Waals surface area (Å²) in [6, 6.07) is 5.27. The zero-order valence-electron chi connectivity index (χ0n) is 15.0. The SMILES string of the molecule is C=CCn1c(S[C@@H](C)C(=O)Nc2sccc2C(N)=O)nnc1-c1ccncc1. The van der Waals surface area contributed by atoms with Gasteiger partial charge in [0.05, 0.1) is 10.8 Å². The van der Waals surface area contributed by atoms with Gasteiger partial charge in [-0.3, -0.25) is 19.1 Å². The Balaban J connectivity index is 1.78. The van der Waals surface area contributed by atoms with Crippen LogP contribution in [0, 0.1) is 0 Å². The minimum Gasteiger partial charge on any atom is -0.366 e. The third-order valence-corrected chi connectivity index (χ3v) is 5.70. The molecule has 0 aromatic carbocycles. The number of carbonyl (C=O) groups is 2. The van der Waals surface area contributed by atoms with Gasteiger partial charge in [-0.1, -0.05) is 17.8 Å². The van der Waals surface area contributed by atoms with Crippen LogP contribution in [0.1, 0.15) is 17.3 Å². The second kappa shape index (κ2) is 8.81. The molecular formula is C18H18N6O2S2. The number of pyridine rings is 1. The van der Waals surface area contributed by atoms with Crippen LogP contribution >= 0.6 is 23.1 Å². The van der Waals surface area contributed by atoms with Crippen molar-refractivity contribution in [3.63, 3.8) is 0 Å². The van der Waals surface area contributed by atoms with E-state index in [1.807, 2.05) is 16.7 Å². The van der Waals surface area contributed by atoms with Gasteiger partial charge in [0.25, 0.3) is 5.91 Å². The van der Waals surface area contributed by atoms with Gasteiger partial charge < -0.3 is 11.1 Å². The minimum atomic E-state index is -0.579. The summed E-state index contributed by atoms with van der Waals surface area (Å²) < 4.78 is 1.89. The Morgan fingerprint density at radius 2 is 2.11 bits per heavy atom. The highest BCUT2D eigenvalue weighted by molar-refractivity contribution is 8.00. The summed E-state index contributed by atoms with van der Waals surface area (Å²) in [5.74, 6) is -0.162. The Labute approximate surface area is 169 Å². The number of rotatable bonds is 8. The number of allylic oxidation sites excluding steroid dienone is 1. The highest BCUT2D eigenvalue weighted by Gasteiger charge is 2.22. The number of anilines is 1. The van der Waals surface area contributed by atoms with E-state index in [0.29, 0.717) is 28.1 Å². The molecule has 3 rings (SSSR count). The van der Waals surface area contributed by atoms with E-state index in [-0.39, 0.29) is 5.91 Å². The number of nitrogens with zero attached hydrogens (tertiary/aromatic N) is 4. The lowest BCUT2D eigenvalue weighted by Crippen LogP contribution is -2.24. The number of carbonyl (C=O) groups excluding carboxylic acids is 2. The Morgan fingerprint density at radius 3 is 2.79 bits per heavy atom. The van der Waals surface area contributed by atoms with E-state index in [9.17, 15) is 9.59 Å². The third kappa shape index (κ3) is 4.29. The number of aromatic nitrogens is 4. The molecule has 0 saturated heterocycles. The summed E-state index contributed by atoms with van der Waals surface area (Å²) in [5, 5.41) is 13.5. The minimum absolute atomic E-state index is 0.256. The first kappa shape index (κ1) is 19.8. The molecule has 8 nitrogen and oxygen atoms in total. The maximum Gasteiger partial charge on any atom is 0.251 e. The molecule has 0 fully saturated rings. The second-order valence-electron chi connectivity index (χ2n) is 5.72. The van der Waals surface area contributed by atoms with Gasteiger partial charge in [-0.2, -0.15) is 0 Å². The molecule has 3 N–H and O–H groups in total. The van der Waals surface area contributed by atoms with Gasteiger partial charge in [0.2, 0.25) is 5.91 Å².